The zero-order valence-electron chi connectivity index (χ0n) is 18.4. The molecule has 7 heteroatoms. The van der Waals surface area contributed by atoms with Gasteiger partial charge in [-0.3, -0.25) is 9.69 Å². The van der Waals surface area contributed by atoms with Crippen LogP contribution in [0.2, 0.25) is 5.02 Å². The van der Waals surface area contributed by atoms with E-state index >= 15 is 0 Å². The number of benzene rings is 2. The number of aromatic nitrogens is 1. The van der Waals surface area contributed by atoms with Crippen LogP contribution in [0.4, 0.5) is 5.69 Å². The van der Waals surface area contributed by atoms with Crippen LogP contribution in [0, 0.1) is 0 Å². The van der Waals surface area contributed by atoms with Crippen molar-refractivity contribution in [3.63, 3.8) is 0 Å². The van der Waals surface area contributed by atoms with Crippen molar-refractivity contribution >= 4 is 45.4 Å². The smallest absolute Gasteiger partial charge is 0.240 e. The molecule has 0 unspecified atom stereocenters. The number of halogens is 1. The number of carbonyl (C=O) groups is 1. The van der Waals surface area contributed by atoms with Crippen LogP contribution >= 0.6 is 22.9 Å². The van der Waals surface area contributed by atoms with Crippen molar-refractivity contribution < 1.29 is 4.79 Å². The molecule has 0 radical (unpaired) electrons. The lowest BCUT2D eigenvalue weighted by molar-refractivity contribution is -0.121. The maximum absolute atomic E-state index is 12.8. The number of rotatable bonds is 7. The zero-order chi connectivity index (χ0) is 22.6. The summed E-state index contributed by atoms with van der Waals surface area (Å²) in [5.41, 5.74) is 3.36. The summed E-state index contributed by atoms with van der Waals surface area (Å²) in [7, 11) is 0. The van der Waals surface area contributed by atoms with E-state index < -0.39 is 0 Å². The standard InChI is InChI=1S/C26H27ClN4OS/c27-21-6-3-7-22(18-21)30-14-12-29(13-15-30)11-10-28-26(32)19-31-23-8-2-1-5-20(23)17-24(31)25-9-4-16-33-25/h1-9,16-18H,10-15,19H2,(H,28,32). The summed E-state index contributed by atoms with van der Waals surface area (Å²) >= 11 is 7.83. The first-order valence-electron chi connectivity index (χ1n) is 11.3. The Morgan fingerprint density at radius 2 is 1.82 bits per heavy atom. The SMILES string of the molecule is O=C(Cn1c(-c2cccs2)cc2ccccc21)NCCN1CCN(c2cccc(Cl)c2)CC1. The summed E-state index contributed by atoms with van der Waals surface area (Å²) in [5, 5.41) is 7.13. The molecule has 2 aromatic heterocycles. The quantitative estimate of drug-likeness (QED) is 0.408. The molecule has 1 aliphatic rings. The molecule has 170 valence electrons. The van der Waals surface area contributed by atoms with Crippen LogP contribution in [0.25, 0.3) is 21.5 Å². The van der Waals surface area contributed by atoms with Gasteiger partial charge in [0.25, 0.3) is 0 Å². The number of hydrogen-bond donors (Lipinski definition) is 1. The van der Waals surface area contributed by atoms with Crippen LogP contribution in [0.1, 0.15) is 0 Å². The number of nitrogens with one attached hydrogen (secondary N) is 1. The molecule has 1 fully saturated rings. The van der Waals surface area contributed by atoms with E-state index in [1.165, 1.54) is 10.6 Å². The fraction of sp³-hybridized carbons (Fsp3) is 0.269. The normalized spacial score (nSPS) is 14.6. The van der Waals surface area contributed by atoms with E-state index in [9.17, 15) is 4.79 Å². The summed E-state index contributed by atoms with van der Waals surface area (Å²) in [6.45, 7) is 5.73. The van der Waals surface area contributed by atoms with Crippen LogP contribution in [-0.2, 0) is 11.3 Å². The highest BCUT2D eigenvalue weighted by Gasteiger charge is 2.18. The lowest BCUT2D eigenvalue weighted by Gasteiger charge is -2.36. The minimum absolute atomic E-state index is 0.0479. The largest absolute Gasteiger partial charge is 0.369 e. The molecule has 5 nitrogen and oxygen atoms in total. The van der Waals surface area contributed by atoms with E-state index in [0.717, 1.165) is 54.3 Å². The number of anilines is 1. The second-order valence-electron chi connectivity index (χ2n) is 8.31. The van der Waals surface area contributed by atoms with Crippen molar-refractivity contribution in [3.05, 3.63) is 77.1 Å². The second-order valence-corrected chi connectivity index (χ2v) is 9.69. The Balaban J connectivity index is 1.15. The average Bonchev–Trinajstić information content (AvgIpc) is 3.48. The number of carbonyl (C=O) groups excluding carboxylic acids is 1. The minimum atomic E-state index is 0.0479. The van der Waals surface area contributed by atoms with Gasteiger partial charge in [0, 0.05) is 60.9 Å². The lowest BCUT2D eigenvalue weighted by atomic mass is 10.2. The number of para-hydroxylation sites is 1. The van der Waals surface area contributed by atoms with Crippen molar-refractivity contribution in [1.82, 2.24) is 14.8 Å². The average molecular weight is 479 g/mol. The Kier molecular flexibility index (Phi) is 6.67. The molecular weight excluding hydrogens is 452 g/mol. The topological polar surface area (TPSA) is 40.5 Å². The van der Waals surface area contributed by atoms with Gasteiger partial charge in [-0.15, -0.1) is 11.3 Å². The van der Waals surface area contributed by atoms with Gasteiger partial charge in [-0.2, -0.15) is 0 Å². The number of amides is 1. The Morgan fingerprint density at radius 1 is 0.970 bits per heavy atom. The zero-order valence-corrected chi connectivity index (χ0v) is 20.0. The fourth-order valence-corrected chi connectivity index (χ4v) is 5.40. The molecule has 4 aromatic rings. The van der Waals surface area contributed by atoms with Crippen LogP contribution in [0.5, 0.6) is 0 Å². The van der Waals surface area contributed by atoms with Gasteiger partial charge in [-0.25, -0.2) is 0 Å². The fourth-order valence-electron chi connectivity index (χ4n) is 4.46. The molecular formula is C26H27ClN4OS. The van der Waals surface area contributed by atoms with Crippen molar-refractivity contribution in [2.24, 2.45) is 0 Å². The maximum atomic E-state index is 12.8. The monoisotopic (exact) mass is 478 g/mol. The first kappa shape index (κ1) is 22.0. The van der Waals surface area contributed by atoms with Crippen LogP contribution in [0.3, 0.4) is 0 Å². The van der Waals surface area contributed by atoms with E-state index in [2.05, 4.69) is 55.4 Å². The highest BCUT2D eigenvalue weighted by molar-refractivity contribution is 7.13. The van der Waals surface area contributed by atoms with Crippen LogP contribution < -0.4 is 10.2 Å². The summed E-state index contributed by atoms with van der Waals surface area (Å²) in [6, 6.07) is 22.6. The minimum Gasteiger partial charge on any atom is -0.369 e. The second kappa shape index (κ2) is 10.00. The Bertz CT molecular complexity index is 1230. The molecule has 3 heterocycles. The molecule has 0 bridgehead atoms. The van der Waals surface area contributed by atoms with Gasteiger partial charge in [0.05, 0.1) is 10.6 Å². The highest BCUT2D eigenvalue weighted by atomic mass is 35.5. The molecule has 1 N–H and O–H groups in total. The Labute approximate surface area is 203 Å². The third-order valence-electron chi connectivity index (χ3n) is 6.18. The van der Waals surface area contributed by atoms with E-state index in [1.54, 1.807) is 11.3 Å². The van der Waals surface area contributed by atoms with Crippen molar-refractivity contribution in [2.45, 2.75) is 6.54 Å². The van der Waals surface area contributed by atoms with Gasteiger partial charge in [0.15, 0.2) is 0 Å². The van der Waals surface area contributed by atoms with E-state index in [1.807, 2.05) is 36.4 Å². The van der Waals surface area contributed by atoms with Crippen molar-refractivity contribution in [3.8, 4) is 10.6 Å². The summed E-state index contributed by atoms with van der Waals surface area (Å²) < 4.78 is 2.13. The first-order valence-corrected chi connectivity index (χ1v) is 12.5. The van der Waals surface area contributed by atoms with Gasteiger partial charge < -0.3 is 14.8 Å². The number of piperazine rings is 1. The van der Waals surface area contributed by atoms with Gasteiger partial charge in [0.1, 0.15) is 6.54 Å². The molecule has 1 aliphatic heterocycles. The van der Waals surface area contributed by atoms with Crippen LogP contribution in [-0.4, -0.2) is 54.6 Å². The highest BCUT2D eigenvalue weighted by Crippen LogP contribution is 2.31. The summed E-state index contributed by atoms with van der Waals surface area (Å²) in [5.74, 6) is 0.0479. The van der Waals surface area contributed by atoms with Gasteiger partial charge in [-0.1, -0.05) is 41.9 Å². The third kappa shape index (κ3) is 5.08. The summed E-state index contributed by atoms with van der Waals surface area (Å²) in [6.07, 6.45) is 0. The van der Waals surface area contributed by atoms with Crippen LogP contribution in [0.15, 0.2) is 72.1 Å². The molecule has 0 saturated carbocycles. The molecule has 0 spiro atoms. The molecule has 0 aliphatic carbocycles. The Hall–Kier alpha value is -2.80. The molecule has 1 amide bonds. The predicted molar refractivity (Wildman–Crippen MR) is 138 cm³/mol. The first-order chi connectivity index (χ1) is 16.2. The molecule has 1 saturated heterocycles. The van der Waals surface area contributed by atoms with Crippen molar-refractivity contribution in [2.75, 3.05) is 44.2 Å². The van der Waals surface area contributed by atoms with Gasteiger partial charge >= 0.3 is 0 Å². The van der Waals surface area contributed by atoms with E-state index in [-0.39, 0.29) is 5.91 Å². The molecule has 5 rings (SSSR count). The lowest BCUT2D eigenvalue weighted by Crippen LogP contribution is -2.48. The van der Waals surface area contributed by atoms with Gasteiger partial charge in [0.2, 0.25) is 5.91 Å². The third-order valence-corrected chi connectivity index (χ3v) is 7.31. The number of thiophene rings is 1. The maximum Gasteiger partial charge on any atom is 0.240 e. The number of hydrogen-bond acceptors (Lipinski definition) is 4. The number of fused-ring (bicyclic) bond motifs is 1. The number of nitrogens with zero attached hydrogens (tertiary/aromatic N) is 3. The molecule has 2 aromatic carbocycles. The summed E-state index contributed by atoms with van der Waals surface area (Å²) in [4.78, 5) is 18.8. The Morgan fingerprint density at radius 3 is 2.61 bits per heavy atom. The van der Waals surface area contributed by atoms with E-state index in [0.29, 0.717) is 13.1 Å². The van der Waals surface area contributed by atoms with Gasteiger partial charge in [-0.05, 0) is 41.8 Å². The molecule has 33 heavy (non-hydrogen) atoms. The van der Waals surface area contributed by atoms with E-state index in [4.69, 9.17) is 11.6 Å². The van der Waals surface area contributed by atoms with Crippen molar-refractivity contribution in [1.29, 1.82) is 0 Å². The molecule has 0 atom stereocenters. The predicted octanol–water partition coefficient (Wildman–Crippen LogP) is 4.96.